The fourth-order valence-corrected chi connectivity index (χ4v) is 2.38. The highest BCUT2D eigenvalue weighted by Crippen LogP contribution is 2.37. The summed E-state index contributed by atoms with van der Waals surface area (Å²) >= 11 is 0. The highest BCUT2D eigenvalue weighted by Gasteiger charge is 2.10. The highest BCUT2D eigenvalue weighted by atomic mass is 16.5. The number of aromatic hydroxyl groups is 1. The van der Waals surface area contributed by atoms with E-state index in [2.05, 4.69) is 6.07 Å². The molecule has 0 fully saturated rings. The maximum atomic E-state index is 9.90. The lowest BCUT2D eigenvalue weighted by molar-refractivity contribution is 0.416. The predicted molar refractivity (Wildman–Crippen MR) is 77.6 cm³/mol. The summed E-state index contributed by atoms with van der Waals surface area (Å²) in [6.07, 6.45) is 0. The molecule has 0 aliphatic rings. The molecule has 19 heavy (non-hydrogen) atoms. The number of phenols is 1. The lowest BCUT2D eigenvalue weighted by Crippen LogP contribution is -1.88. The van der Waals surface area contributed by atoms with Gasteiger partial charge in [-0.3, -0.25) is 0 Å². The first-order chi connectivity index (χ1) is 9.29. The number of rotatable bonds is 2. The molecule has 3 aromatic rings. The molecule has 0 amide bonds. The van der Waals surface area contributed by atoms with E-state index in [1.54, 1.807) is 19.2 Å². The van der Waals surface area contributed by atoms with Gasteiger partial charge in [0.05, 0.1) is 7.11 Å². The summed E-state index contributed by atoms with van der Waals surface area (Å²) in [5.74, 6) is 1.07. The third kappa shape index (κ3) is 2.02. The van der Waals surface area contributed by atoms with Gasteiger partial charge in [-0.15, -0.1) is 0 Å². The van der Waals surface area contributed by atoms with Crippen LogP contribution in [0.3, 0.4) is 0 Å². The molecule has 0 aliphatic carbocycles. The topological polar surface area (TPSA) is 29.5 Å². The van der Waals surface area contributed by atoms with Crippen LogP contribution in [0.15, 0.2) is 60.7 Å². The van der Waals surface area contributed by atoms with E-state index in [-0.39, 0.29) is 5.75 Å². The molecule has 0 saturated carbocycles. The van der Waals surface area contributed by atoms with E-state index in [1.165, 1.54) is 0 Å². The average molecular weight is 250 g/mol. The van der Waals surface area contributed by atoms with Crippen molar-refractivity contribution in [1.29, 1.82) is 0 Å². The molecule has 2 nitrogen and oxygen atoms in total. The van der Waals surface area contributed by atoms with Crippen LogP contribution in [0.25, 0.3) is 21.9 Å². The molecule has 0 heterocycles. The van der Waals surface area contributed by atoms with Crippen molar-refractivity contribution in [3.63, 3.8) is 0 Å². The Hall–Kier alpha value is -2.48. The van der Waals surface area contributed by atoms with Gasteiger partial charge in [0.2, 0.25) is 0 Å². The van der Waals surface area contributed by atoms with E-state index in [0.717, 1.165) is 27.6 Å². The zero-order valence-electron chi connectivity index (χ0n) is 10.6. The molecular formula is C17H14O2. The third-order valence-electron chi connectivity index (χ3n) is 3.24. The number of ether oxygens (including phenoxy) is 1. The van der Waals surface area contributed by atoms with Crippen molar-refractivity contribution in [2.45, 2.75) is 0 Å². The first kappa shape index (κ1) is 11.6. The van der Waals surface area contributed by atoms with E-state index >= 15 is 0 Å². The Kier molecular flexibility index (Phi) is 2.84. The second kappa shape index (κ2) is 4.65. The molecule has 0 bridgehead atoms. The summed E-state index contributed by atoms with van der Waals surface area (Å²) in [6.45, 7) is 0. The molecule has 0 saturated heterocycles. The lowest BCUT2D eigenvalue weighted by Gasteiger charge is -2.11. The molecule has 0 radical (unpaired) electrons. The van der Waals surface area contributed by atoms with Crippen molar-refractivity contribution < 1.29 is 9.84 Å². The van der Waals surface area contributed by atoms with Gasteiger partial charge in [0.25, 0.3) is 0 Å². The minimum absolute atomic E-state index is 0.264. The van der Waals surface area contributed by atoms with Crippen molar-refractivity contribution in [3.05, 3.63) is 60.7 Å². The van der Waals surface area contributed by atoms with Crippen LogP contribution in [0.1, 0.15) is 0 Å². The molecule has 3 aromatic carbocycles. The maximum absolute atomic E-state index is 9.90. The fourth-order valence-electron chi connectivity index (χ4n) is 2.38. The Morgan fingerprint density at radius 3 is 2.42 bits per heavy atom. The molecule has 0 unspecified atom stereocenters. The Morgan fingerprint density at radius 1 is 0.842 bits per heavy atom. The smallest absolute Gasteiger partial charge is 0.126 e. The molecule has 94 valence electrons. The van der Waals surface area contributed by atoms with Crippen LogP contribution in [0.2, 0.25) is 0 Å². The number of para-hydroxylation sites is 1. The van der Waals surface area contributed by atoms with E-state index in [9.17, 15) is 5.11 Å². The second-order valence-corrected chi connectivity index (χ2v) is 4.41. The Balaban J connectivity index is 2.36. The normalized spacial score (nSPS) is 10.6. The van der Waals surface area contributed by atoms with Gasteiger partial charge >= 0.3 is 0 Å². The molecule has 3 rings (SSSR count). The molecule has 0 aliphatic heterocycles. The van der Waals surface area contributed by atoms with E-state index in [0.29, 0.717) is 0 Å². The summed E-state index contributed by atoms with van der Waals surface area (Å²) in [7, 11) is 1.66. The second-order valence-electron chi connectivity index (χ2n) is 4.41. The zero-order chi connectivity index (χ0) is 13.2. The van der Waals surface area contributed by atoms with Gasteiger partial charge in [0, 0.05) is 5.56 Å². The number of hydrogen-bond donors (Lipinski definition) is 1. The number of phenolic OH excluding ortho intramolecular Hbond substituents is 1. The van der Waals surface area contributed by atoms with E-state index in [1.807, 2.05) is 42.5 Å². The summed E-state index contributed by atoms with van der Waals surface area (Å²) in [5, 5.41) is 12.0. The summed E-state index contributed by atoms with van der Waals surface area (Å²) in [4.78, 5) is 0. The fraction of sp³-hybridized carbons (Fsp3) is 0.0588. The highest BCUT2D eigenvalue weighted by molar-refractivity contribution is 5.99. The first-order valence-corrected chi connectivity index (χ1v) is 6.15. The van der Waals surface area contributed by atoms with Crippen LogP contribution >= 0.6 is 0 Å². The monoisotopic (exact) mass is 250 g/mol. The van der Waals surface area contributed by atoms with Gasteiger partial charge in [-0.2, -0.15) is 0 Å². The van der Waals surface area contributed by atoms with Crippen molar-refractivity contribution in [3.8, 4) is 22.6 Å². The van der Waals surface area contributed by atoms with Gasteiger partial charge in [-0.1, -0.05) is 42.5 Å². The molecule has 2 heteroatoms. The van der Waals surface area contributed by atoms with Crippen molar-refractivity contribution in [1.82, 2.24) is 0 Å². The van der Waals surface area contributed by atoms with Gasteiger partial charge in [0.1, 0.15) is 11.5 Å². The van der Waals surface area contributed by atoms with Gasteiger partial charge < -0.3 is 9.84 Å². The number of fused-ring (bicyclic) bond motifs is 1. The van der Waals surface area contributed by atoms with Crippen molar-refractivity contribution in [2.75, 3.05) is 7.11 Å². The van der Waals surface area contributed by atoms with Gasteiger partial charge in [-0.25, -0.2) is 0 Å². The van der Waals surface area contributed by atoms with Crippen LogP contribution in [0.4, 0.5) is 0 Å². The van der Waals surface area contributed by atoms with Crippen LogP contribution in [0.5, 0.6) is 11.5 Å². The quantitative estimate of drug-likeness (QED) is 0.737. The molecule has 0 aromatic heterocycles. The molecular weight excluding hydrogens is 236 g/mol. The van der Waals surface area contributed by atoms with E-state index in [4.69, 9.17) is 4.74 Å². The minimum atomic E-state index is 0.264. The number of methoxy groups -OCH3 is 1. The Bertz CT molecular complexity index is 732. The molecule has 1 N–H and O–H groups in total. The van der Waals surface area contributed by atoms with Crippen LogP contribution in [-0.4, -0.2) is 12.2 Å². The van der Waals surface area contributed by atoms with Crippen molar-refractivity contribution in [2.24, 2.45) is 0 Å². The standard InChI is InChI=1S/C17H14O2/c1-19-17-9-5-4-8-15(17)16-11-13(18)10-12-6-2-3-7-14(12)16/h2-11,18H,1H3. The SMILES string of the molecule is COc1ccccc1-c1cc(O)cc2ccccc12. The van der Waals surface area contributed by atoms with Crippen LogP contribution < -0.4 is 4.74 Å². The maximum Gasteiger partial charge on any atom is 0.126 e. The predicted octanol–water partition coefficient (Wildman–Crippen LogP) is 4.22. The van der Waals surface area contributed by atoms with Crippen LogP contribution in [0, 0.1) is 0 Å². The average Bonchev–Trinajstić information content (AvgIpc) is 2.46. The van der Waals surface area contributed by atoms with Crippen LogP contribution in [-0.2, 0) is 0 Å². The van der Waals surface area contributed by atoms with E-state index < -0.39 is 0 Å². The van der Waals surface area contributed by atoms with Gasteiger partial charge in [0.15, 0.2) is 0 Å². The summed E-state index contributed by atoms with van der Waals surface area (Å²) in [5.41, 5.74) is 1.96. The number of benzene rings is 3. The lowest BCUT2D eigenvalue weighted by atomic mass is 9.97. The minimum Gasteiger partial charge on any atom is -0.508 e. The summed E-state index contributed by atoms with van der Waals surface area (Å²) in [6, 6.07) is 19.4. The molecule has 0 atom stereocenters. The first-order valence-electron chi connectivity index (χ1n) is 6.15. The van der Waals surface area contributed by atoms with Gasteiger partial charge in [-0.05, 0) is 34.5 Å². The zero-order valence-corrected chi connectivity index (χ0v) is 10.6. The number of hydrogen-bond acceptors (Lipinski definition) is 2. The largest absolute Gasteiger partial charge is 0.508 e. The third-order valence-corrected chi connectivity index (χ3v) is 3.24. The Labute approximate surface area is 111 Å². The van der Waals surface area contributed by atoms with Crippen molar-refractivity contribution >= 4 is 10.8 Å². The Morgan fingerprint density at radius 2 is 1.58 bits per heavy atom. The molecule has 0 spiro atoms. The summed E-state index contributed by atoms with van der Waals surface area (Å²) < 4.78 is 5.41.